The van der Waals surface area contributed by atoms with Crippen molar-refractivity contribution in [1.29, 1.82) is 0 Å². The fourth-order valence-corrected chi connectivity index (χ4v) is 4.15. The van der Waals surface area contributed by atoms with Crippen molar-refractivity contribution in [2.24, 2.45) is 0 Å². The summed E-state index contributed by atoms with van der Waals surface area (Å²) in [5.41, 5.74) is 0. The number of hydrogen-bond donors (Lipinski definition) is 0. The van der Waals surface area contributed by atoms with Gasteiger partial charge in [-0.05, 0) is 28.9 Å². The number of halogens is 2. The Morgan fingerprint density at radius 2 is 0.818 bits per heavy atom. The van der Waals surface area contributed by atoms with E-state index in [0.717, 1.165) is 12.8 Å². The highest BCUT2D eigenvalue weighted by Crippen LogP contribution is 2.57. The van der Waals surface area contributed by atoms with E-state index >= 15 is 0 Å². The Kier molecular flexibility index (Phi) is 17.3. The van der Waals surface area contributed by atoms with E-state index < -0.39 is 5.85 Å². The van der Waals surface area contributed by atoms with Crippen molar-refractivity contribution in [3.63, 3.8) is 0 Å². The summed E-state index contributed by atoms with van der Waals surface area (Å²) in [7, 11) is 0. The second kappa shape index (κ2) is 16.7. The molecule has 0 saturated heterocycles. The van der Waals surface area contributed by atoms with Crippen molar-refractivity contribution in [2.45, 2.75) is 110 Å². The lowest BCUT2D eigenvalue weighted by Gasteiger charge is -2.04. The Labute approximate surface area is 148 Å². The molecular formula is C18H37Cl2OP. The van der Waals surface area contributed by atoms with Gasteiger partial charge in [0.05, 0.1) is 0 Å². The maximum absolute atomic E-state index is 11.1. The van der Waals surface area contributed by atoms with Gasteiger partial charge in [-0.25, -0.2) is 0 Å². The Balaban J connectivity index is 3.01. The largest absolute Gasteiger partial charge is 0.289 e. The fourth-order valence-electron chi connectivity index (χ4n) is 2.84. The average molecular weight is 371 g/mol. The van der Waals surface area contributed by atoms with E-state index in [9.17, 15) is 4.57 Å². The van der Waals surface area contributed by atoms with E-state index in [-0.39, 0.29) is 0 Å². The highest BCUT2D eigenvalue weighted by Gasteiger charge is 2.11. The van der Waals surface area contributed by atoms with Crippen LogP contribution in [0, 0.1) is 0 Å². The van der Waals surface area contributed by atoms with E-state index in [1.807, 2.05) is 0 Å². The molecule has 0 amide bonds. The van der Waals surface area contributed by atoms with Gasteiger partial charge in [0.15, 0.2) is 0 Å². The van der Waals surface area contributed by atoms with Crippen LogP contribution in [0.1, 0.15) is 110 Å². The minimum absolute atomic E-state index is 0.481. The van der Waals surface area contributed by atoms with Crippen LogP contribution in [-0.4, -0.2) is 6.16 Å². The van der Waals surface area contributed by atoms with E-state index in [0.29, 0.717) is 6.16 Å². The molecular weight excluding hydrogens is 334 g/mol. The molecule has 0 radical (unpaired) electrons. The van der Waals surface area contributed by atoms with Gasteiger partial charge in [-0.15, -0.1) is 0 Å². The van der Waals surface area contributed by atoms with Gasteiger partial charge in [0.1, 0.15) is 0 Å². The Bertz CT molecular complexity index is 266. The minimum Gasteiger partial charge on any atom is -0.289 e. The van der Waals surface area contributed by atoms with E-state index in [1.165, 1.54) is 89.9 Å². The third-order valence-electron chi connectivity index (χ3n) is 4.27. The zero-order chi connectivity index (χ0) is 16.5. The highest BCUT2D eigenvalue weighted by molar-refractivity contribution is 8.08. The first-order valence-electron chi connectivity index (χ1n) is 9.54. The molecule has 22 heavy (non-hydrogen) atoms. The molecule has 0 heterocycles. The second-order valence-electron chi connectivity index (χ2n) is 6.60. The van der Waals surface area contributed by atoms with Gasteiger partial charge in [-0.3, -0.25) is 4.57 Å². The van der Waals surface area contributed by atoms with Gasteiger partial charge in [-0.1, -0.05) is 103 Å². The SMILES string of the molecule is CCCCCCCCCCCCCCCCCCP(=O)(Cl)Cl. The number of unbranched alkanes of at least 4 members (excludes halogenated alkanes) is 15. The summed E-state index contributed by atoms with van der Waals surface area (Å²) in [5, 5.41) is 0. The molecule has 0 aromatic heterocycles. The van der Waals surface area contributed by atoms with Crippen LogP contribution in [0.3, 0.4) is 0 Å². The predicted octanol–water partition coefficient (Wildman–Crippen LogP) is 8.92. The molecule has 0 N–H and O–H groups in total. The minimum atomic E-state index is -2.81. The molecule has 134 valence electrons. The van der Waals surface area contributed by atoms with Crippen LogP contribution in [0.25, 0.3) is 0 Å². The molecule has 0 spiro atoms. The lowest BCUT2D eigenvalue weighted by atomic mass is 10.0. The summed E-state index contributed by atoms with van der Waals surface area (Å²) in [6, 6.07) is 0. The topological polar surface area (TPSA) is 17.1 Å². The molecule has 0 fully saturated rings. The van der Waals surface area contributed by atoms with Gasteiger partial charge in [0, 0.05) is 6.16 Å². The molecule has 0 aliphatic rings. The van der Waals surface area contributed by atoms with Crippen LogP contribution in [0.5, 0.6) is 0 Å². The average Bonchev–Trinajstić information content (AvgIpc) is 2.45. The zero-order valence-electron chi connectivity index (χ0n) is 14.6. The molecule has 0 unspecified atom stereocenters. The fraction of sp³-hybridized carbons (Fsp3) is 1.00. The summed E-state index contributed by atoms with van der Waals surface area (Å²) in [6.45, 7) is 2.28. The summed E-state index contributed by atoms with van der Waals surface area (Å²) in [6.07, 6.45) is 21.9. The Hall–Kier alpha value is 0.810. The summed E-state index contributed by atoms with van der Waals surface area (Å²) in [5.74, 6) is -2.81. The summed E-state index contributed by atoms with van der Waals surface area (Å²) < 4.78 is 11.1. The molecule has 0 bridgehead atoms. The lowest BCUT2D eigenvalue weighted by Crippen LogP contribution is -1.84. The van der Waals surface area contributed by atoms with E-state index in [1.54, 1.807) is 0 Å². The quantitative estimate of drug-likeness (QED) is 0.184. The van der Waals surface area contributed by atoms with Crippen molar-refractivity contribution in [3.05, 3.63) is 0 Å². The second-order valence-corrected chi connectivity index (χ2v) is 12.0. The molecule has 0 aliphatic heterocycles. The highest BCUT2D eigenvalue weighted by atomic mass is 35.9. The van der Waals surface area contributed by atoms with Crippen LogP contribution >= 0.6 is 28.3 Å². The summed E-state index contributed by atoms with van der Waals surface area (Å²) >= 11 is 11.0. The molecule has 1 nitrogen and oxygen atoms in total. The van der Waals surface area contributed by atoms with Gasteiger partial charge in [-0.2, -0.15) is 0 Å². The Morgan fingerprint density at radius 3 is 1.09 bits per heavy atom. The maximum Gasteiger partial charge on any atom is 0.253 e. The predicted molar refractivity (Wildman–Crippen MR) is 104 cm³/mol. The van der Waals surface area contributed by atoms with Crippen molar-refractivity contribution < 1.29 is 4.57 Å². The first-order chi connectivity index (χ1) is 10.6. The molecule has 0 aromatic rings. The molecule has 0 saturated carbocycles. The third-order valence-corrected chi connectivity index (χ3v) is 6.12. The first-order valence-corrected chi connectivity index (χ1v) is 13.2. The van der Waals surface area contributed by atoms with Gasteiger partial charge >= 0.3 is 0 Å². The van der Waals surface area contributed by atoms with Crippen LogP contribution < -0.4 is 0 Å². The molecule has 0 rings (SSSR count). The van der Waals surface area contributed by atoms with Crippen molar-refractivity contribution in [1.82, 2.24) is 0 Å². The number of rotatable bonds is 17. The smallest absolute Gasteiger partial charge is 0.253 e. The molecule has 0 aromatic carbocycles. The van der Waals surface area contributed by atoms with Gasteiger partial charge in [0.25, 0.3) is 5.85 Å². The van der Waals surface area contributed by atoms with Crippen molar-refractivity contribution >= 4 is 28.3 Å². The van der Waals surface area contributed by atoms with Crippen molar-refractivity contribution in [2.75, 3.05) is 6.16 Å². The summed E-state index contributed by atoms with van der Waals surface area (Å²) in [4.78, 5) is 0. The first kappa shape index (κ1) is 22.8. The zero-order valence-corrected chi connectivity index (χ0v) is 17.0. The van der Waals surface area contributed by atoms with Crippen LogP contribution in [-0.2, 0) is 4.57 Å². The third kappa shape index (κ3) is 20.8. The van der Waals surface area contributed by atoms with Crippen LogP contribution in [0.4, 0.5) is 0 Å². The number of hydrogen-bond acceptors (Lipinski definition) is 1. The Morgan fingerprint density at radius 1 is 0.545 bits per heavy atom. The molecule has 0 atom stereocenters. The normalized spacial score (nSPS) is 12.0. The van der Waals surface area contributed by atoms with Crippen molar-refractivity contribution in [3.8, 4) is 0 Å². The van der Waals surface area contributed by atoms with Crippen LogP contribution in [0.15, 0.2) is 0 Å². The van der Waals surface area contributed by atoms with E-state index in [2.05, 4.69) is 6.92 Å². The van der Waals surface area contributed by atoms with Gasteiger partial charge in [0.2, 0.25) is 0 Å². The standard InChI is InChI=1S/C18H37Cl2OP/c1-2-3-4-5-6-7-8-9-10-11-12-13-14-15-16-17-18-22(19,20)21/h2-18H2,1H3. The van der Waals surface area contributed by atoms with Gasteiger partial charge < -0.3 is 0 Å². The monoisotopic (exact) mass is 370 g/mol. The van der Waals surface area contributed by atoms with Crippen LogP contribution in [0.2, 0.25) is 0 Å². The molecule has 4 heteroatoms. The molecule has 0 aliphatic carbocycles. The van der Waals surface area contributed by atoms with E-state index in [4.69, 9.17) is 22.5 Å². The lowest BCUT2D eigenvalue weighted by molar-refractivity contribution is 0.531. The maximum atomic E-state index is 11.1.